The highest BCUT2D eigenvalue weighted by atomic mass is 15.1. The second-order valence-electron chi connectivity index (χ2n) is 3.50. The molecule has 0 aromatic rings. The molecule has 0 aromatic heterocycles. The summed E-state index contributed by atoms with van der Waals surface area (Å²) in [6, 6.07) is 0.724. The first-order valence-electron chi connectivity index (χ1n) is 4.88. The second-order valence-corrected chi connectivity index (χ2v) is 3.50. The van der Waals surface area contributed by atoms with E-state index in [0.717, 1.165) is 19.1 Å². The van der Waals surface area contributed by atoms with Crippen molar-refractivity contribution >= 4 is 0 Å². The van der Waals surface area contributed by atoms with Gasteiger partial charge in [0.2, 0.25) is 0 Å². The maximum atomic E-state index is 3.19. The van der Waals surface area contributed by atoms with Crippen LogP contribution in [0.25, 0.3) is 0 Å². The number of hydrogen-bond acceptors (Lipinski definition) is 2. The van der Waals surface area contributed by atoms with Crippen LogP contribution in [0.15, 0.2) is 12.2 Å². The van der Waals surface area contributed by atoms with E-state index in [1.807, 2.05) is 7.05 Å². The molecule has 1 unspecified atom stereocenters. The average molecular weight is 168 g/mol. The Morgan fingerprint density at radius 2 is 2.33 bits per heavy atom. The predicted octanol–water partition coefficient (Wildman–Crippen LogP) is 1.25. The SMILES string of the molecule is CNCCC(C)N1CC=CCC1. The third-order valence-corrected chi connectivity index (χ3v) is 2.53. The molecule has 0 aliphatic carbocycles. The molecule has 1 aliphatic rings. The van der Waals surface area contributed by atoms with Crippen molar-refractivity contribution in [2.45, 2.75) is 25.8 Å². The topological polar surface area (TPSA) is 15.3 Å². The van der Waals surface area contributed by atoms with Gasteiger partial charge < -0.3 is 5.32 Å². The largest absolute Gasteiger partial charge is 0.320 e. The highest BCUT2D eigenvalue weighted by molar-refractivity contribution is 4.92. The van der Waals surface area contributed by atoms with Crippen LogP contribution >= 0.6 is 0 Å². The first-order valence-corrected chi connectivity index (χ1v) is 4.88. The van der Waals surface area contributed by atoms with Crippen molar-refractivity contribution in [1.82, 2.24) is 10.2 Å². The van der Waals surface area contributed by atoms with Gasteiger partial charge in [0.05, 0.1) is 0 Å². The lowest BCUT2D eigenvalue weighted by molar-refractivity contribution is 0.218. The summed E-state index contributed by atoms with van der Waals surface area (Å²) in [5.74, 6) is 0. The number of nitrogens with zero attached hydrogens (tertiary/aromatic N) is 1. The van der Waals surface area contributed by atoms with E-state index in [1.54, 1.807) is 0 Å². The van der Waals surface area contributed by atoms with E-state index >= 15 is 0 Å². The van der Waals surface area contributed by atoms with E-state index in [4.69, 9.17) is 0 Å². The van der Waals surface area contributed by atoms with Gasteiger partial charge in [-0.3, -0.25) is 4.90 Å². The van der Waals surface area contributed by atoms with Crippen LogP contribution in [0.1, 0.15) is 19.8 Å². The van der Waals surface area contributed by atoms with Crippen LogP contribution in [-0.2, 0) is 0 Å². The zero-order valence-electron chi connectivity index (χ0n) is 8.21. The maximum Gasteiger partial charge on any atom is 0.0166 e. The Morgan fingerprint density at radius 3 is 2.92 bits per heavy atom. The monoisotopic (exact) mass is 168 g/mol. The van der Waals surface area contributed by atoms with E-state index in [-0.39, 0.29) is 0 Å². The van der Waals surface area contributed by atoms with Crippen molar-refractivity contribution < 1.29 is 0 Å². The van der Waals surface area contributed by atoms with Crippen LogP contribution in [0.2, 0.25) is 0 Å². The summed E-state index contributed by atoms with van der Waals surface area (Å²) in [6.45, 7) is 5.82. The molecule has 0 bridgehead atoms. The van der Waals surface area contributed by atoms with Gasteiger partial charge in [0.15, 0.2) is 0 Å². The lowest BCUT2D eigenvalue weighted by atomic mass is 10.1. The Hall–Kier alpha value is -0.340. The van der Waals surface area contributed by atoms with Crippen LogP contribution in [0.3, 0.4) is 0 Å². The van der Waals surface area contributed by atoms with E-state index < -0.39 is 0 Å². The Morgan fingerprint density at radius 1 is 1.50 bits per heavy atom. The van der Waals surface area contributed by atoms with Gasteiger partial charge in [-0.25, -0.2) is 0 Å². The first kappa shape index (κ1) is 9.75. The Bertz CT molecular complexity index is 143. The molecule has 2 nitrogen and oxygen atoms in total. The molecule has 1 aliphatic heterocycles. The minimum absolute atomic E-state index is 0.724. The smallest absolute Gasteiger partial charge is 0.0166 e. The molecular formula is C10H20N2. The predicted molar refractivity (Wildman–Crippen MR) is 53.3 cm³/mol. The molecule has 70 valence electrons. The third kappa shape index (κ3) is 2.95. The van der Waals surface area contributed by atoms with E-state index in [0.29, 0.717) is 0 Å². The molecule has 0 spiro atoms. The summed E-state index contributed by atoms with van der Waals surface area (Å²) in [4.78, 5) is 2.54. The third-order valence-electron chi connectivity index (χ3n) is 2.53. The standard InChI is InChI=1S/C10H20N2/c1-10(6-7-11-2)12-8-4-3-5-9-12/h3-4,10-11H,5-9H2,1-2H3. The van der Waals surface area contributed by atoms with Crippen LogP contribution in [0.5, 0.6) is 0 Å². The molecule has 1 rings (SSSR count). The van der Waals surface area contributed by atoms with Crippen molar-refractivity contribution in [2.24, 2.45) is 0 Å². The van der Waals surface area contributed by atoms with Gasteiger partial charge in [-0.15, -0.1) is 0 Å². The van der Waals surface area contributed by atoms with Crippen molar-refractivity contribution in [3.05, 3.63) is 12.2 Å². The Labute approximate surface area is 75.6 Å². The van der Waals surface area contributed by atoms with Crippen LogP contribution in [0.4, 0.5) is 0 Å². The fourth-order valence-corrected chi connectivity index (χ4v) is 1.60. The summed E-state index contributed by atoms with van der Waals surface area (Å²) in [7, 11) is 2.02. The second kappa shape index (κ2) is 5.33. The molecule has 12 heavy (non-hydrogen) atoms. The summed E-state index contributed by atoms with van der Waals surface area (Å²) in [6.07, 6.45) is 7.04. The van der Waals surface area contributed by atoms with Gasteiger partial charge in [0, 0.05) is 19.1 Å². The van der Waals surface area contributed by atoms with E-state index in [2.05, 4.69) is 29.3 Å². The Kier molecular flexibility index (Phi) is 4.33. The molecule has 1 heterocycles. The van der Waals surface area contributed by atoms with Crippen LogP contribution in [0, 0.1) is 0 Å². The van der Waals surface area contributed by atoms with E-state index in [9.17, 15) is 0 Å². The molecule has 0 radical (unpaired) electrons. The summed E-state index contributed by atoms with van der Waals surface area (Å²) in [5.41, 5.74) is 0. The summed E-state index contributed by atoms with van der Waals surface area (Å²) in [5, 5.41) is 3.19. The van der Waals surface area contributed by atoms with E-state index in [1.165, 1.54) is 19.4 Å². The molecule has 0 saturated carbocycles. The average Bonchev–Trinajstić information content (AvgIpc) is 2.15. The summed E-state index contributed by atoms with van der Waals surface area (Å²) >= 11 is 0. The molecule has 0 aromatic carbocycles. The number of rotatable bonds is 4. The lowest BCUT2D eigenvalue weighted by Crippen LogP contribution is -2.37. The maximum absolute atomic E-state index is 3.19. The Balaban J connectivity index is 2.21. The molecule has 1 atom stereocenters. The quantitative estimate of drug-likeness (QED) is 0.635. The normalized spacial score (nSPS) is 21.2. The zero-order chi connectivity index (χ0) is 8.81. The highest BCUT2D eigenvalue weighted by Crippen LogP contribution is 2.08. The van der Waals surface area contributed by atoms with Crippen molar-refractivity contribution in [3.63, 3.8) is 0 Å². The molecule has 0 fully saturated rings. The molecule has 0 saturated heterocycles. The van der Waals surface area contributed by atoms with Gasteiger partial charge in [0.1, 0.15) is 0 Å². The van der Waals surface area contributed by atoms with Crippen LogP contribution in [-0.4, -0.2) is 37.6 Å². The van der Waals surface area contributed by atoms with Gasteiger partial charge in [-0.2, -0.15) is 0 Å². The fourth-order valence-electron chi connectivity index (χ4n) is 1.60. The van der Waals surface area contributed by atoms with Gasteiger partial charge in [0.25, 0.3) is 0 Å². The molecule has 1 N–H and O–H groups in total. The van der Waals surface area contributed by atoms with Crippen molar-refractivity contribution in [1.29, 1.82) is 0 Å². The highest BCUT2D eigenvalue weighted by Gasteiger charge is 2.12. The number of nitrogens with one attached hydrogen (secondary N) is 1. The molecule has 2 heteroatoms. The zero-order valence-corrected chi connectivity index (χ0v) is 8.21. The summed E-state index contributed by atoms with van der Waals surface area (Å²) < 4.78 is 0. The molecule has 0 amide bonds. The van der Waals surface area contributed by atoms with Gasteiger partial charge in [-0.1, -0.05) is 12.2 Å². The minimum atomic E-state index is 0.724. The number of hydrogen-bond donors (Lipinski definition) is 1. The first-order chi connectivity index (χ1) is 5.84. The van der Waals surface area contributed by atoms with Gasteiger partial charge >= 0.3 is 0 Å². The molecular weight excluding hydrogens is 148 g/mol. The van der Waals surface area contributed by atoms with Crippen molar-refractivity contribution in [3.8, 4) is 0 Å². The van der Waals surface area contributed by atoms with Crippen molar-refractivity contribution in [2.75, 3.05) is 26.7 Å². The van der Waals surface area contributed by atoms with Crippen LogP contribution < -0.4 is 5.32 Å². The minimum Gasteiger partial charge on any atom is -0.320 e. The fraction of sp³-hybridized carbons (Fsp3) is 0.800. The lowest BCUT2D eigenvalue weighted by Gasteiger charge is -2.29. The van der Waals surface area contributed by atoms with Gasteiger partial charge in [-0.05, 0) is 33.4 Å².